The summed E-state index contributed by atoms with van der Waals surface area (Å²) < 4.78 is 0.783. The van der Waals surface area contributed by atoms with Gasteiger partial charge in [0.15, 0.2) is 5.13 Å². The molecule has 0 aliphatic carbocycles. The molecule has 1 aromatic carbocycles. The van der Waals surface area contributed by atoms with E-state index in [4.69, 9.17) is 5.73 Å². The molecule has 0 aliphatic heterocycles. The molecule has 0 aliphatic rings. The van der Waals surface area contributed by atoms with E-state index in [2.05, 4.69) is 47.0 Å². The van der Waals surface area contributed by atoms with Crippen LogP contribution in [0.5, 0.6) is 0 Å². The molecule has 0 saturated heterocycles. The summed E-state index contributed by atoms with van der Waals surface area (Å²) in [5.41, 5.74) is 8.73. The molecule has 0 saturated carbocycles. The summed E-state index contributed by atoms with van der Waals surface area (Å²) in [6.07, 6.45) is 0. The predicted molar refractivity (Wildman–Crippen MR) is 92.1 cm³/mol. The largest absolute Gasteiger partial charge is 0.398 e. The Balaban J connectivity index is 2.25. The summed E-state index contributed by atoms with van der Waals surface area (Å²) in [6, 6.07) is 3.55. The smallest absolute Gasteiger partial charge is 0.257 e. The number of halogens is 1. The van der Waals surface area contributed by atoms with Crippen molar-refractivity contribution in [3.63, 3.8) is 0 Å². The van der Waals surface area contributed by atoms with Gasteiger partial charge in [0.1, 0.15) is 0 Å². The van der Waals surface area contributed by atoms with Crippen molar-refractivity contribution in [3.8, 4) is 0 Å². The molecule has 2 aromatic rings. The number of nitrogen functional groups attached to an aromatic ring is 1. The van der Waals surface area contributed by atoms with Crippen LogP contribution in [0.2, 0.25) is 0 Å². The van der Waals surface area contributed by atoms with Crippen molar-refractivity contribution in [2.45, 2.75) is 33.1 Å². The SMILES string of the molecule is Cc1c(N)cc(Br)cc1C(=O)Nc1nc(C(C)(C)C)cs1. The summed E-state index contributed by atoms with van der Waals surface area (Å²) in [4.78, 5) is 16.8. The van der Waals surface area contributed by atoms with Crippen LogP contribution in [0.4, 0.5) is 10.8 Å². The second kappa shape index (κ2) is 5.77. The van der Waals surface area contributed by atoms with E-state index >= 15 is 0 Å². The standard InChI is InChI=1S/C15H18BrN3OS/c1-8-10(5-9(16)6-11(8)17)13(20)19-14-18-12(7-21-14)15(2,3)4/h5-7H,17H2,1-4H3,(H,18,19,20). The third-order valence-corrected chi connectivity index (χ3v) is 4.37. The van der Waals surface area contributed by atoms with Gasteiger partial charge in [-0.2, -0.15) is 0 Å². The minimum Gasteiger partial charge on any atom is -0.398 e. The van der Waals surface area contributed by atoms with Gasteiger partial charge in [-0.25, -0.2) is 4.98 Å². The number of carbonyl (C=O) groups excluding carboxylic acids is 1. The number of hydrogen-bond acceptors (Lipinski definition) is 4. The van der Waals surface area contributed by atoms with Crippen molar-refractivity contribution >= 4 is 44.0 Å². The second-order valence-corrected chi connectivity index (χ2v) is 7.68. The van der Waals surface area contributed by atoms with Gasteiger partial charge in [-0.3, -0.25) is 10.1 Å². The zero-order valence-corrected chi connectivity index (χ0v) is 14.9. The van der Waals surface area contributed by atoms with Gasteiger partial charge in [0.05, 0.1) is 5.69 Å². The number of thiazole rings is 1. The molecule has 0 fully saturated rings. The Morgan fingerprint density at radius 1 is 1.38 bits per heavy atom. The molecule has 21 heavy (non-hydrogen) atoms. The van der Waals surface area contributed by atoms with Crippen LogP contribution in [-0.2, 0) is 5.41 Å². The van der Waals surface area contributed by atoms with E-state index in [0.29, 0.717) is 16.4 Å². The van der Waals surface area contributed by atoms with E-state index in [1.165, 1.54) is 11.3 Å². The maximum absolute atomic E-state index is 12.4. The second-order valence-electron chi connectivity index (χ2n) is 5.91. The highest BCUT2D eigenvalue weighted by Gasteiger charge is 2.19. The maximum Gasteiger partial charge on any atom is 0.257 e. The summed E-state index contributed by atoms with van der Waals surface area (Å²) >= 11 is 4.79. The van der Waals surface area contributed by atoms with E-state index < -0.39 is 0 Å². The van der Waals surface area contributed by atoms with Crippen LogP contribution >= 0.6 is 27.3 Å². The lowest BCUT2D eigenvalue weighted by molar-refractivity contribution is 0.102. The van der Waals surface area contributed by atoms with Gasteiger partial charge < -0.3 is 5.73 Å². The first-order valence-electron chi connectivity index (χ1n) is 6.51. The van der Waals surface area contributed by atoms with Gasteiger partial charge in [0.2, 0.25) is 0 Å². The molecular formula is C15H18BrN3OS. The summed E-state index contributed by atoms with van der Waals surface area (Å²) in [5.74, 6) is -0.199. The fraction of sp³-hybridized carbons (Fsp3) is 0.333. The Bertz CT molecular complexity index is 689. The maximum atomic E-state index is 12.4. The zero-order valence-electron chi connectivity index (χ0n) is 12.5. The Morgan fingerprint density at radius 3 is 2.62 bits per heavy atom. The molecule has 6 heteroatoms. The van der Waals surface area contributed by atoms with E-state index in [1.807, 2.05) is 12.3 Å². The van der Waals surface area contributed by atoms with Crippen molar-refractivity contribution in [1.29, 1.82) is 0 Å². The van der Waals surface area contributed by atoms with Crippen LogP contribution in [0.1, 0.15) is 42.4 Å². The molecule has 0 radical (unpaired) electrons. The third-order valence-electron chi connectivity index (χ3n) is 3.15. The van der Waals surface area contributed by atoms with Gasteiger partial charge >= 0.3 is 0 Å². The molecule has 1 heterocycles. The average Bonchev–Trinajstić information content (AvgIpc) is 2.82. The number of nitrogens with two attached hydrogens (primary N) is 1. The third kappa shape index (κ3) is 3.63. The number of anilines is 2. The number of amides is 1. The molecule has 0 atom stereocenters. The molecule has 3 N–H and O–H groups in total. The number of rotatable bonds is 2. The number of nitrogens with one attached hydrogen (secondary N) is 1. The molecule has 0 bridgehead atoms. The molecule has 0 spiro atoms. The predicted octanol–water partition coefficient (Wildman–Crippen LogP) is 4.35. The Labute approximate surface area is 136 Å². The first-order chi connectivity index (χ1) is 9.68. The van der Waals surface area contributed by atoms with Gasteiger partial charge in [-0.05, 0) is 24.6 Å². The van der Waals surface area contributed by atoms with Crippen LogP contribution < -0.4 is 11.1 Å². The lowest BCUT2D eigenvalue weighted by Gasteiger charge is -2.14. The molecule has 1 amide bonds. The summed E-state index contributed by atoms with van der Waals surface area (Å²) in [6.45, 7) is 8.10. The van der Waals surface area contributed by atoms with Crippen LogP contribution in [0, 0.1) is 6.92 Å². The Kier molecular flexibility index (Phi) is 4.39. The molecule has 2 rings (SSSR count). The van der Waals surface area contributed by atoms with Crippen LogP contribution in [0.15, 0.2) is 22.0 Å². The van der Waals surface area contributed by atoms with Crippen LogP contribution in [0.3, 0.4) is 0 Å². The number of nitrogens with zero attached hydrogens (tertiary/aromatic N) is 1. The number of aromatic nitrogens is 1. The minimum atomic E-state index is -0.199. The number of benzene rings is 1. The van der Waals surface area contributed by atoms with Crippen molar-refractivity contribution in [2.24, 2.45) is 0 Å². The molecule has 112 valence electrons. The van der Waals surface area contributed by atoms with Crippen LogP contribution in [0.25, 0.3) is 0 Å². The van der Waals surface area contributed by atoms with Gasteiger partial charge in [-0.15, -0.1) is 11.3 Å². The van der Waals surface area contributed by atoms with E-state index in [1.54, 1.807) is 12.1 Å². The summed E-state index contributed by atoms with van der Waals surface area (Å²) in [5, 5.41) is 5.41. The molecule has 0 unspecified atom stereocenters. The topological polar surface area (TPSA) is 68.0 Å². The van der Waals surface area contributed by atoms with Crippen molar-refractivity contribution in [1.82, 2.24) is 4.98 Å². The monoisotopic (exact) mass is 367 g/mol. The lowest BCUT2D eigenvalue weighted by Crippen LogP contribution is -2.15. The highest BCUT2D eigenvalue weighted by molar-refractivity contribution is 9.10. The Morgan fingerprint density at radius 2 is 2.05 bits per heavy atom. The van der Waals surface area contributed by atoms with Gasteiger partial charge in [0, 0.05) is 26.5 Å². The van der Waals surface area contributed by atoms with E-state index in [9.17, 15) is 4.79 Å². The fourth-order valence-corrected chi connectivity index (χ4v) is 3.18. The number of hydrogen-bond donors (Lipinski definition) is 2. The first kappa shape index (κ1) is 16.0. The average molecular weight is 368 g/mol. The van der Waals surface area contributed by atoms with E-state index in [-0.39, 0.29) is 11.3 Å². The van der Waals surface area contributed by atoms with Gasteiger partial charge in [0.25, 0.3) is 5.91 Å². The fourth-order valence-electron chi connectivity index (χ4n) is 1.78. The molecule has 4 nitrogen and oxygen atoms in total. The van der Waals surface area contributed by atoms with Gasteiger partial charge in [-0.1, -0.05) is 36.7 Å². The highest BCUT2D eigenvalue weighted by atomic mass is 79.9. The summed E-state index contributed by atoms with van der Waals surface area (Å²) in [7, 11) is 0. The molecular weight excluding hydrogens is 350 g/mol. The lowest BCUT2D eigenvalue weighted by atomic mass is 9.93. The first-order valence-corrected chi connectivity index (χ1v) is 8.18. The van der Waals surface area contributed by atoms with Crippen molar-refractivity contribution < 1.29 is 4.79 Å². The zero-order chi connectivity index (χ0) is 15.8. The van der Waals surface area contributed by atoms with Crippen LogP contribution in [-0.4, -0.2) is 10.9 Å². The minimum absolute atomic E-state index is 0.0321. The normalized spacial score (nSPS) is 11.5. The van der Waals surface area contributed by atoms with Crippen molar-refractivity contribution in [2.75, 3.05) is 11.1 Å². The number of carbonyl (C=O) groups is 1. The highest BCUT2D eigenvalue weighted by Crippen LogP contribution is 2.28. The quantitative estimate of drug-likeness (QED) is 0.775. The molecule has 1 aromatic heterocycles. The van der Waals surface area contributed by atoms with E-state index in [0.717, 1.165) is 15.7 Å². The van der Waals surface area contributed by atoms with Crippen molar-refractivity contribution in [3.05, 3.63) is 38.8 Å². The Hall–Kier alpha value is -1.40.